The second-order valence-electron chi connectivity index (χ2n) is 5.61. The van der Waals surface area contributed by atoms with E-state index >= 15 is 0 Å². The number of aliphatic hydroxyl groups excluding tert-OH is 1. The highest BCUT2D eigenvalue weighted by Crippen LogP contribution is 2.12. The number of hydrogen-bond acceptors (Lipinski definition) is 7. The summed E-state index contributed by atoms with van der Waals surface area (Å²) in [5.74, 6) is -1.32. The zero-order valence-corrected chi connectivity index (χ0v) is 16.0. The normalized spacial score (nSPS) is 11.1. The van der Waals surface area contributed by atoms with E-state index in [4.69, 9.17) is 9.84 Å². The average Bonchev–Trinajstić information content (AvgIpc) is 2.71. The number of rotatable bonds is 9. The van der Waals surface area contributed by atoms with Crippen LogP contribution < -0.4 is 10.0 Å². The molecule has 0 bridgehead atoms. The number of pyridine rings is 1. The minimum atomic E-state index is -4.19. The van der Waals surface area contributed by atoms with Gasteiger partial charge in [0.15, 0.2) is 0 Å². The quantitative estimate of drug-likeness (QED) is 0.514. The Labute approximate surface area is 162 Å². The van der Waals surface area contributed by atoms with Gasteiger partial charge in [0.2, 0.25) is 0 Å². The highest BCUT2D eigenvalue weighted by molar-refractivity contribution is 7.90. The highest BCUT2D eigenvalue weighted by atomic mass is 32.2. The predicted octanol–water partition coefficient (Wildman–Crippen LogP) is 0.459. The van der Waals surface area contributed by atoms with Crippen molar-refractivity contribution in [3.8, 4) is 0 Å². The summed E-state index contributed by atoms with van der Waals surface area (Å²) in [6, 6.07) is 8.10. The molecule has 0 saturated carbocycles. The van der Waals surface area contributed by atoms with Crippen LogP contribution in [0.15, 0.2) is 47.5 Å². The summed E-state index contributed by atoms with van der Waals surface area (Å²) < 4.78 is 32.0. The zero-order valence-electron chi connectivity index (χ0n) is 15.2. The summed E-state index contributed by atoms with van der Waals surface area (Å²) in [6.45, 7) is 2.71. The van der Waals surface area contributed by atoms with Gasteiger partial charge in [-0.1, -0.05) is 6.07 Å². The van der Waals surface area contributed by atoms with Crippen LogP contribution in [0.3, 0.4) is 0 Å². The average molecular weight is 407 g/mol. The van der Waals surface area contributed by atoms with Gasteiger partial charge in [0.1, 0.15) is 0 Å². The Morgan fingerprint density at radius 3 is 2.57 bits per heavy atom. The fourth-order valence-corrected chi connectivity index (χ4v) is 3.20. The third kappa shape index (κ3) is 5.84. The SMILES string of the molecule is CCOCCNC(=O)c1cccc(S(=O)(=O)NC(=O)c2ccc(CO)nc2)c1. The van der Waals surface area contributed by atoms with Crippen molar-refractivity contribution >= 4 is 21.8 Å². The zero-order chi connectivity index (χ0) is 20.6. The third-order valence-corrected chi connectivity index (χ3v) is 4.95. The molecule has 2 rings (SSSR count). The molecule has 9 nitrogen and oxygen atoms in total. The summed E-state index contributed by atoms with van der Waals surface area (Å²) in [5, 5.41) is 11.6. The maximum Gasteiger partial charge on any atom is 0.266 e. The lowest BCUT2D eigenvalue weighted by molar-refractivity contribution is 0.0921. The molecule has 0 unspecified atom stereocenters. The van der Waals surface area contributed by atoms with E-state index in [1.54, 1.807) is 0 Å². The van der Waals surface area contributed by atoms with Crippen LogP contribution >= 0.6 is 0 Å². The van der Waals surface area contributed by atoms with E-state index in [1.165, 1.54) is 42.6 Å². The number of nitrogens with one attached hydrogen (secondary N) is 2. The van der Waals surface area contributed by atoms with E-state index in [9.17, 15) is 18.0 Å². The Morgan fingerprint density at radius 1 is 1.14 bits per heavy atom. The van der Waals surface area contributed by atoms with Gasteiger partial charge < -0.3 is 15.2 Å². The molecule has 0 radical (unpaired) electrons. The topological polar surface area (TPSA) is 135 Å². The first-order valence-electron chi connectivity index (χ1n) is 8.46. The Balaban J connectivity index is 2.10. The molecule has 1 aromatic carbocycles. The van der Waals surface area contributed by atoms with E-state index in [2.05, 4.69) is 10.3 Å². The summed E-state index contributed by atoms with van der Waals surface area (Å²) in [6.07, 6.45) is 1.17. The molecule has 2 amide bonds. The van der Waals surface area contributed by atoms with Crippen molar-refractivity contribution < 1.29 is 27.9 Å². The molecule has 0 fully saturated rings. The minimum absolute atomic E-state index is 0.0191. The molecule has 1 aromatic heterocycles. The lowest BCUT2D eigenvalue weighted by Gasteiger charge is -2.09. The van der Waals surface area contributed by atoms with Crippen LogP contribution in [0.2, 0.25) is 0 Å². The number of nitrogens with zero attached hydrogens (tertiary/aromatic N) is 1. The Bertz CT molecular complexity index is 929. The molecule has 0 aliphatic carbocycles. The Hall–Kier alpha value is -2.82. The maximum atomic E-state index is 12.5. The molecular formula is C18H21N3O6S. The first kappa shape index (κ1) is 21.5. The van der Waals surface area contributed by atoms with Gasteiger partial charge in [-0.05, 0) is 37.3 Å². The fourth-order valence-electron chi connectivity index (χ4n) is 2.18. The molecule has 28 heavy (non-hydrogen) atoms. The van der Waals surface area contributed by atoms with Crippen LogP contribution in [-0.2, 0) is 21.4 Å². The van der Waals surface area contributed by atoms with Gasteiger partial charge in [-0.25, -0.2) is 13.1 Å². The van der Waals surface area contributed by atoms with Crippen molar-refractivity contribution in [2.75, 3.05) is 19.8 Å². The van der Waals surface area contributed by atoms with Gasteiger partial charge in [0.05, 0.1) is 29.4 Å². The standard InChI is InChI=1S/C18H21N3O6S/c1-2-27-9-8-19-17(23)13-4-3-5-16(10-13)28(25,26)21-18(24)14-6-7-15(12-22)20-11-14/h3-7,10-11,22H,2,8-9,12H2,1H3,(H,19,23)(H,21,24). The van der Waals surface area contributed by atoms with Crippen molar-refractivity contribution in [3.05, 3.63) is 59.4 Å². The number of amides is 2. The molecule has 150 valence electrons. The number of ether oxygens (including phenoxy) is 1. The van der Waals surface area contributed by atoms with Gasteiger partial charge >= 0.3 is 0 Å². The Kier molecular flexibility index (Phi) is 7.61. The lowest BCUT2D eigenvalue weighted by atomic mass is 10.2. The number of carbonyl (C=O) groups excluding carboxylic acids is 2. The number of carbonyl (C=O) groups is 2. The molecule has 0 aliphatic heterocycles. The van der Waals surface area contributed by atoms with Gasteiger partial charge in [-0.2, -0.15) is 0 Å². The maximum absolute atomic E-state index is 12.5. The minimum Gasteiger partial charge on any atom is -0.390 e. The van der Waals surface area contributed by atoms with Crippen LogP contribution in [0.25, 0.3) is 0 Å². The van der Waals surface area contributed by atoms with Crippen molar-refractivity contribution in [1.82, 2.24) is 15.0 Å². The molecule has 1 heterocycles. The van der Waals surface area contributed by atoms with Gasteiger partial charge in [0.25, 0.3) is 21.8 Å². The molecule has 0 saturated heterocycles. The molecular weight excluding hydrogens is 386 g/mol. The monoisotopic (exact) mass is 407 g/mol. The van der Waals surface area contributed by atoms with Crippen LogP contribution in [-0.4, -0.2) is 50.1 Å². The van der Waals surface area contributed by atoms with E-state index < -0.39 is 21.8 Å². The molecule has 0 aliphatic rings. The lowest BCUT2D eigenvalue weighted by Crippen LogP contribution is -2.31. The van der Waals surface area contributed by atoms with Crippen molar-refractivity contribution in [3.63, 3.8) is 0 Å². The molecule has 10 heteroatoms. The van der Waals surface area contributed by atoms with E-state index in [0.717, 1.165) is 0 Å². The highest BCUT2D eigenvalue weighted by Gasteiger charge is 2.20. The van der Waals surface area contributed by atoms with Crippen LogP contribution in [0.5, 0.6) is 0 Å². The summed E-state index contributed by atoms with van der Waals surface area (Å²) in [7, 11) is -4.19. The van der Waals surface area contributed by atoms with Gasteiger partial charge in [0, 0.05) is 24.9 Å². The van der Waals surface area contributed by atoms with Crippen molar-refractivity contribution in [1.29, 1.82) is 0 Å². The van der Waals surface area contributed by atoms with E-state index in [0.29, 0.717) is 18.9 Å². The third-order valence-electron chi connectivity index (χ3n) is 3.62. The summed E-state index contributed by atoms with van der Waals surface area (Å²) >= 11 is 0. The first-order chi connectivity index (χ1) is 13.4. The van der Waals surface area contributed by atoms with E-state index in [-0.39, 0.29) is 29.2 Å². The van der Waals surface area contributed by atoms with Gasteiger partial charge in [-0.3, -0.25) is 14.6 Å². The molecule has 3 N–H and O–H groups in total. The number of benzene rings is 1. The first-order valence-corrected chi connectivity index (χ1v) is 9.94. The van der Waals surface area contributed by atoms with Crippen molar-refractivity contribution in [2.45, 2.75) is 18.4 Å². The van der Waals surface area contributed by atoms with E-state index in [1.807, 2.05) is 11.6 Å². The fraction of sp³-hybridized carbons (Fsp3) is 0.278. The van der Waals surface area contributed by atoms with Crippen molar-refractivity contribution in [2.24, 2.45) is 0 Å². The predicted molar refractivity (Wildman–Crippen MR) is 100 cm³/mol. The number of hydrogen-bond donors (Lipinski definition) is 3. The number of sulfonamides is 1. The molecule has 0 atom stereocenters. The number of aliphatic hydroxyl groups is 1. The van der Waals surface area contributed by atoms with Crippen LogP contribution in [0.1, 0.15) is 33.3 Å². The number of aromatic nitrogens is 1. The largest absolute Gasteiger partial charge is 0.390 e. The molecule has 0 spiro atoms. The smallest absolute Gasteiger partial charge is 0.266 e. The molecule has 2 aromatic rings. The Morgan fingerprint density at radius 2 is 1.93 bits per heavy atom. The van der Waals surface area contributed by atoms with Crippen LogP contribution in [0, 0.1) is 0 Å². The van der Waals surface area contributed by atoms with Crippen LogP contribution in [0.4, 0.5) is 0 Å². The second-order valence-corrected chi connectivity index (χ2v) is 7.29. The summed E-state index contributed by atoms with van der Waals surface area (Å²) in [5.41, 5.74) is 0.508. The summed E-state index contributed by atoms with van der Waals surface area (Å²) in [4.78, 5) is 27.9. The van der Waals surface area contributed by atoms with Gasteiger partial charge in [-0.15, -0.1) is 0 Å². The second kappa shape index (κ2) is 9.93.